The number of benzene rings is 1. The molecule has 0 aliphatic heterocycles. The second-order valence-electron chi connectivity index (χ2n) is 2.94. The van der Waals surface area contributed by atoms with E-state index in [2.05, 4.69) is 30.6 Å². The van der Waals surface area contributed by atoms with Crippen LogP contribution in [0.1, 0.15) is 17.2 Å². The molecule has 1 heterocycles. The maximum Gasteiger partial charge on any atom is 0.337 e. The molecule has 1 aromatic carbocycles. The van der Waals surface area contributed by atoms with Crippen LogP contribution in [0.3, 0.4) is 0 Å². The number of halogens is 1. The van der Waals surface area contributed by atoms with Crippen molar-refractivity contribution in [3.05, 3.63) is 40.6 Å². The van der Waals surface area contributed by atoms with Gasteiger partial charge >= 0.3 is 5.97 Å². The van der Waals surface area contributed by atoms with Crippen LogP contribution in [0.4, 0.5) is 0 Å². The Balaban J connectivity index is 2.40. The number of hydrogen-bond donors (Lipinski definition) is 1. The summed E-state index contributed by atoms with van der Waals surface area (Å²) in [4.78, 5) is 18.2. The van der Waals surface area contributed by atoms with Gasteiger partial charge in [0, 0.05) is 22.4 Å². The maximum absolute atomic E-state index is 11.8. The number of nitrogens with one attached hydrogen (secondary N) is 1. The number of rotatable bonds is 2. The van der Waals surface area contributed by atoms with Gasteiger partial charge in [-0.05, 0) is 18.2 Å². The van der Waals surface area contributed by atoms with Crippen LogP contribution >= 0.6 is 15.9 Å². The summed E-state index contributed by atoms with van der Waals surface area (Å²) in [6.45, 7) is 0. The number of methoxy groups -OCH3 is 1. The zero-order chi connectivity index (χ0) is 15.8. The molecular weight excluding hydrogens is 272 g/mol. The second kappa shape index (κ2) is 4.49. The van der Waals surface area contributed by atoms with E-state index in [1.54, 1.807) is 6.07 Å². The highest BCUT2D eigenvalue weighted by Gasteiger charge is 2.09. The van der Waals surface area contributed by atoms with Gasteiger partial charge in [0.15, 0.2) is 0 Å². The fourth-order valence-corrected chi connectivity index (χ4v) is 1.73. The highest BCUT2D eigenvalue weighted by Crippen LogP contribution is 2.22. The molecule has 0 amide bonds. The Kier molecular flexibility index (Phi) is 1.74. The van der Waals surface area contributed by atoms with Crippen LogP contribution in [0, 0.1) is 0 Å². The number of ether oxygens (including phenoxy) is 1. The van der Waals surface area contributed by atoms with Crippen LogP contribution in [0.5, 0.6) is 0 Å². The Morgan fingerprint density at radius 2 is 2.50 bits per heavy atom. The van der Waals surface area contributed by atoms with Crippen LogP contribution in [-0.2, 0) is 4.74 Å². The molecule has 0 aliphatic rings. The minimum absolute atomic E-state index is 0.0185. The van der Waals surface area contributed by atoms with Gasteiger partial charge in [0.05, 0.1) is 19.5 Å². The molecule has 82 valence electrons. The highest BCUT2D eigenvalue weighted by molar-refractivity contribution is 9.10. The number of hydrogen-bond acceptors (Lipinski definition) is 3. The smallest absolute Gasteiger partial charge is 0.337 e. The molecule has 0 saturated carbocycles. The number of nitrogens with zero attached hydrogens (tertiary/aromatic N) is 1. The van der Waals surface area contributed by atoms with Crippen LogP contribution < -0.4 is 0 Å². The van der Waals surface area contributed by atoms with Crippen molar-refractivity contribution >= 4 is 21.9 Å². The number of H-pyrrole nitrogens is 1. The SMILES string of the molecule is [2H]c1nc(-c2cc(Br)cc(C(=O)OC([2H])([2H])[2H])c2)[nH]c1[2H]. The van der Waals surface area contributed by atoms with Crippen LogP contribution in [0.2, 0.25) is 0 Å². The van der Waals surface area contributed by atoms with E-state index >= 15 is 0 Å². The topological polar surface area (TPSA) is 55.0 Å². The molecule has 0 fully saturated rings. The van der Waals surface area contributed by atoms with E-state index < -0.39 is 13.0 Å². The fourth-order valence-electron chi connectivity index (χ4n) is 1.24. The minimum atomic E-state index is -2.83. The summed E-state index contributed by atoms with van der Waals surface area (Å²) in [5, 5.41) is 0. The number of carbonyl (C=O) groups excluding carboxylic acids is 1. The Morgan fingerprint density at radius 3 is 3.19 bits per heavy atom. The quantitative estimate of drug-likeness (QED) is 0.863. The Morgan fingerprint density at radius 1 is 1.62 bits per heavy atom. The molecule has 0 aliphatic carbocycles. The zero-order valence-corrected chi connectivity index (χ0v) is 9.46. The van der Waals surface area contributed by atoms with E-state index in [-0.39, 0.29) is 23.7 Å². The van der Waals surface area contributed by atoms with Gasteiger partial charge in [-0.2, -0.15) is 0 Å². The largest absolute Gasteiger partial charge is 0.465 e. The monoisotopic (exact) mass is 285 g/mol. The summed E-state index contributed by atoms with van der Waals surface area (Å²) in [6.07, 6.45) is -0.381. The van der Waals surface area contributed by atoms with Crippen molar-refractivity contribution in [2.75, 3.05) is 7.04 Å². The van der Waals surface area contributed by atoms with Gasteiger partial charge < -0.3 is 9.72 Å². The lowest BCUT2D eigenvalue weighted by atomic mass is 10.1. The summed E-state index contributed by atoms with van der Waals surface area (Å²) < 4.78 is 40.4. The number of aromatic nitrogens is 2. The summed E-state index contributed by atoms with van der Waals surface area (Å²) >= 11 is 3.20. The van der Waals surface area contributed by atoms with Gasteiger partial charge in [-0.15, -0.1) is 0 Å². The second-order valence-corrected chi connectivity index (χ2v) is 3.86. The molecule has 16 heavy (non-hydrogen) atoms. The van der Waals surface area contributed by atoms with Gasteiger partial charge in [0.2, 0.25) is 0 Å². The normalized spacial score (nSPS) is 15.4. The van der Waals surface area contributed by atoms with Crippen molar-refractivity contribution in [2.45, 2.75) is 0 Å². The van der Waals surface area contributed by atoms with E-state index in [1.807, 2.05) is 0 Å². The third-order valence-corrected chi connectivity index (χ3v) is 2.36. The Labute approximate surface area is 108 Å². The average Bonchev–Trinajstić information content (AvgIpc) is 2.67. The third kappa shape index (κ3) is 2.14. The van der Waals surface area contributed by atoms with Gasteiger partial charge in [-0.25, -0.2) is 9.78 Å². The summed E-state index contributed by atoms with van der Waals surface area (Å²) in [6, 6.07) is 4.39. The van der Waals surface area contributed by atoms with Crippen LogP contribution in [0.15, 0.2) is 35.0 Å². The predicted molar refractivity (Wildman–Crippen MR) is 63.1 cm³/mol. The molecular formula is C11H9BrN2O2. The molecule has 2 rings (SSSR count). The molecule has 0 saturated heterocycles. The lowest BCUT2D eigenvalue weighted by Gasteiger charge is -2.03. The average molecular weight is 286 g/mol. The molecule has 1 aromatic heterocycles. The summed E-state index contributed by atoms with van der Waals surface area (Å²) in [5.74, 6) is -0.768. The summed E-state index contributed by atoms with van der Waals surface area (Å²) in [7, 11) is -2.83. The van der Waals surface area contributed by atoms with Gasteiger partial charge in [-0.1, -0.05) is 15.9 Å². The fraction of sp³-hybridized carbons (Fsp3) is 0.0909. The molecule has 5 heteroatoms. The van der Waals surface area contributed by atoms with Crippen molar-refractivity contribution in [3.8, 4) is 11.4 Å². The van der Waals surface area contributed by atoms with Crippen LogP contribution in [-0.4, -0.2) is 23.0 Å². The predicted octanol–water partition coefficient (Wildman–Crippen LogP) is 2.63. The zero-order valence-electron chi connectivity index (χ0n) is 12.9. The summed E-state index contributed by atoms with van der Waals surface area (Å²) in [5.41, 5.74) is 0.443. The first kappa shape index (κ1) is 6.20. The molecule has 0 radical (unpaired) electrons. The lowest BCUT2D eigenvalue weighted by molar-refractivity contribution is 0.0600. The van der Waals surface area contributed by atoms with E-state index in [4.69, 9.17) is 6.85 Å². The first-order chi connectivity index (χ1) is 9.65. The molecule has 0 unspecified atom stereocenters. The lowest BCUT2D eigenvalue weighted by Crippen LogP contribution is -2.01. The van der Waals surface area contributed by atoms with Crippen molar-refractivity contribution in [2.24, 2.45) is 0 Å². The minimum Gasteiger partial charge on any atom is -0.465 e. The highest BCUT2D eigenvalue weighted by atomic mass is 79.9. The number of imidazole rings is 1. The number of esters is 1. The van der Waals surface area contributed by atoms with E-state index in [9.17, 15) is 4.79 Å². The first-order valence-corrected chi connectivity index (χ1v) is 5.02. The van der Waals surface area contributed by atoms with Crippen molar-refractivity contribution in [1.29, 1.82) is 0 Å². The Hall–Kier alpha value is -1.62. The Bertz CT molecular complexity index is 679. The molecule has 0 atom stereocenters. The van der Waals surface area contributed by atoms with Crippen LogP contribution in [0.25, 0.3) is 11.4 Å². The van der Waals surface area contributed by atoms with Crippen molar-refractivity contribution < 1.29 is 16.4 Å². The molecule has 2 aromatic rings. The van der Waals surface area contributed by atoms with Gasteiger partial charge in [0.1, 0.15) is 5.82 Å². The number of carbonyl (C=O) groups is 1. The molecule has 0 spiro atoms. The van der Waals surface area contributed by atoms with E-state index in [1.165, 1.54) is 12.1 Å². The third-order valence-electron chi connectivity index (χ3n) is 1.90. The number of aromatic amines is 1. The van der Waals surface area contributed by atoms with Crippen molar-refractivity contribution in [3.63, 3.8) is 0 Å². The van der Waals surface area contributed by atoms with Gasteiger partial charge in [0.25, 0.3) is 0 Å². The van der Waals surface area contributed by atoms with Crippen molar-refractivity contribution in [1.82, 2.24) is 9.97 Å². The van der Waals surface area contributed by atoms with E-state index in [0.717, 1.165) is 0 Å². The maximum atomic E-state index is 11.8. The first-order valence-electron chi connectivity index (χ1n) is 6.73. The standard InChI is InChI=1S/C11H9BrN2O2/c1-16-11(15)8-4-7(5-9(12)6-8)10-13-2-3-14-10/h2-6H,1H3,(H,13,14)/i1D3,2D,3D. The van der Waals surface area contributed by atoms with Gasteiger partial charge in [-0.3, -0.25) is 0 Å². The molecule has 4 nitrogen and oxygen atoms in total. The molecule has 0 bridgehead atoms. The molecule has 1 N–H and O–H groups in total. The van der Waals surface area contributed by atoms with E-state index in [0.29, 0.717) is 10.0 Å².